The van der Waals surface area contributed by atoms with Gasteiger partial charge in [0.2, 0.25) is 0 Å². The maximum absolute atomic E-state index is 13.5. The smallest absolute Gasteiger partial charge is 0.492 e. The highest BCUT2D eigenvalue weighted by Gasteiger charge is 2.53. The number of halogens is 3. The second-order valence-electron chi connectivity index (χ2n) is 8.20. The summed E-state index contributed by atoms with van der Waals surface area (Å²) < 4.78 is 57.7. The van der Waals surface area contributed by atoms with E-state index in [9.17, 15) is 13.2 Å². The van der Waals surface area contributed by atoms with Crippen LogP contribution in [-0.2, 0) is 20.9 Å². The van der Waals surface area contributed by atoms with Gasteiger partial charge in [0, 0.05) is 11.0 Å². The Hall–Kier alpha value is -1.21. The van der Waals surface area contributed by atoms with Crippen LogP contribution >= 0.6 is 0 Å². The molecule has 0 spiro atoms. The lowest BCUT2D eigenvalue weighted by molar-refractivity contribution is -0.138. The van der Waals surface area contributed by atoms with Crippen molar-refractivity contribution in [3.8, 4) is 5.75 Å². The molecule has 2 aliphatic heterocycles. The zero-order chi connectivity index (χ0) is 18.1. The molecule has 3 rings (SSSR count). The van der Waals surface area contributed by atoms with Crippen LogP contribution < -0.4 is 10.2 Å². The normalized spacial score (nSPS) is 24.0. The Balaban J connectivity index is 2.12. The molecule has 0 N–H and O–H groups in total. The molecule has 2 aliphatic rings. The van der Waals surface area contributed by atoms with E-state index in [-0.39, 0.29) is 12.4 Å². The standard InChI is InChI=1S/C17H22BF3O3/c1-14(2)9-22-13-11(14)7-10(8-12(13)17(19,20)21)18-23-15(3,4)16(5,6)24-18/h7-8H,9H2,1-6H3. The van der Waals surface area contributed by atoms with Gasteiger partial charge in [0.1, 0.15) is 5.75 Å². The van der Waals surface area contributed by atoms with E-state index in [1.54, 1.807) is 6.07 Å². The molecule has 1 aromatic carbocycles. The Labute approximate surface area is 140 Å². The number of fused-ring (bicyclic) bond motifs is 1. The van der Waals surface area contributed by atoms with Crippen molar-refractivity contribution in [2.75, 3.05) is 6.61 Å². The van der Waals surface area contributed by atoms with Gasteiger partial charge in [-0.05, 0) is 39.2 Å². The van der Waals surface area contributed by atoms with E-state index in [2.05, 4.69) is 0 Å². The average molecular weight is 342 g/mol. The van der Waals surface area contributed by atoms with Crippen LogP contribution in [0.3, 0.4) is 0 Å². The molecule has 2 heterocycles. The monoisotopic (exact) mass is 342 g/mol. The number of alkyl halides is 3. The minimum Gasteiger partial charge on any atom is -0.492 e. The molecule has 24 heavy (non-hydrogen) atoms. The molecule has 1 fully saturated rings. The highest BCUT2D eigenvalue weighted by Crippen LogP contribution is 2.46. The van der Waals surface area contributed by atoms with Crippen molar-refractivity contribution < 1.29 is 27.2 Å². The van der Waals surface area contributed by atoms with Gasteiger partial charge in [0.05, 0.1) is 23.4 Å². The fourth-order valence-corrected chi connectivity index (χ4v) is 2.97. The van der Waals surface area contributed by atoms with Crippen molar-refractivity contribution in [2.24, 2.45) is 0 Å². The number of hydrogen-bond acceptors (Lipinski definition) is 3. The van der Waals surface area contributed by atoms with Crippen LogP contribution in [0.25, 0.3) is 0 Å². The molecule has 3 nitrogen and oxygen atoms in total. The third-order valence-corrected chi connectivity index (χ3v) is 5.25. The lowest BCUT2D eigenvalue weighted by Gasteiger charge is -2.32. The second-order valence-corrected chi connectivity index (χ2v) is 8.20. The molecule has 0 atom stereocenters. The number of benzene rings is 1. The van der Waals surface area contributed by atoms with E-state index in [1.807, 2.05) is 41.5 Å². The van der Waals surface area contributed by atoms with Crippen LogP contribution in [0.4, 0.5) is 13.2 Å². The van der Waals surface area contributed by atoms with Gasteiger partial charge >= 0.3 is 13.3 Å². The first-order chi connectivity index (χ1) is 10.7. The first kappa shape index (κ1) is 17.6. The first-order valence-corrected chi connectivity index (χ1v) is 7.99. The molecule has 0 radical (unpaired) electrons. The fraction of sp³-hybridized carbons (Fsp3) is 0.647. The predicted molar refractivity (Wildman–Crippen MR) is 85.7 cm³/mol. The largest absolute Gasteiger partial charge is 0.494 e. The molecule has 0 saturated carbocycles. The zero-order valence-corrected chi connectivity index (χ0v) is 14.8. The predicted octanol–water partition coefficient (Wildman–Crippen LogP) is 3.67. The lowest BCUT2D eigenvalue weighted by atomic mass is 9.74. The van der Waals surface area contributed by atoms with Crippen molar-refractivity contribution in [1.29, 1.82) is 0 Å². The van der Waals surface area contributed by atoms with Crippen molar-refractivity contribution in [3.05, 3.63) is 23.3 Å². The minimum absolute atomic E-state index is 0.0761. The highest BCUT2D eigenvalue weighted by molar-refractivity contribution is 6.62. The molecule has 0 aromatic heterocycles. The Morgan fingerprint density at radius 1 is 0.958 bits per heavy atom. The van der Waals surface area contributed by atoms with E-state index in [1.165, 1.54) is 0 Å². The Bertz CT molecular complexity index is 664. The summed E-state index contributed by atoms with van der Waals surface area (Å²) in [6.07, 6.45) is -4.50. The summed E-state index contributed by atoms with van der Waals surface area (Å²) in [6.45, 7) is 11.4. The topological polar surface area (TPSA) is 27.7 Å². The third kappa shape index (κ3) is 2.62. The van der Waals surface area contributed by atoms with Crippen molar-refractivity contribution in [1.82, 2.24) is 0 Å². The summed E-state index contributed by atoms with van der Waals surface area (Å²) >= 11 is 0. The zero-order valence-electron chi connectivity index (χ0n) is 14.8. The van der Waals surface area contributed by atoms with Gasteiger partial charge in [-0.25, -0.2) is 0 Å². The summed E-state index contributed by atoms with van der Waals surface area (Å²) in [5.41, 5.74) is -1.56. The molecule has 0 aliphatic carbocycles. The van der Waals surface area contributed by atoms with Crippen LogP contribution in [-0.4, -0.2) is 24.9 Å². The van der Waals surface area contributed by atoms with Crippen LogP contribution in [0.1, 0.15) is 52.7 Å². The van der Waals surface area contributed by atoms with Gasteiger partial charge in [0.15, 0.2) is 0 Å². The number of ether oxygens (including phenoxy) is 1. The van der Waals surface area contributed by atoms with E-state index >= 15 is 0 Å². The van der Waals surface area contributed by atoms with Crippen LogP contribution in [0.15, 0.2) is 12.1 Å². The summed E-state index contributed by atoms with van der Waals surface area (Å²) in [4.78, 5) is 0. The van der Waals surface area contributed by atoms with Gasteiger partial charge in [-0.1, -0.05) is 19.9 Å². The highest BCUT2D eigenvalue weighted by atomic mass is 19.4. The fourth-order valence-electron chi connectivity index (χ4n) is 2.97. The van der Waals surface area contributed by atoms with Crippen LogP contribution in [0.2, 0.25) is 0 Å². The summed E-state index contributed by atoms with van der Waals surface area (Å²) in [6, 6.07) is 2.81. The molecule has 132 valence electrons. The van der Waals surface area contributed by atoms with Crippen molar-refractivity contribution >= 4 is 12.6 Å². The SMILES string of the molecule is CC1(C)COc2c(C(F)(F)F)cc(B3OC(C)(C)C(C)(C)O3)cc21. The Morgan fingerprint density at radius 2 is 1.50 bits per heavy atom. The van der Waals surface area contributed by atoms with Crippen LogP contribution in [0.5, 0.6) is 5.75 Å². The summed E-state index contributed by atoms with van der Waals surface area (Å²) in [7, 11) is -0.835. The first-order valence-electron chi connectivity index (χ1n) is 7.99. The Morgan fingerprint density at radius 3 is 2.00 bits per heavy atom. The van der Waals surface area contributed by atoms with E-state index in [0.717, 1.165) is 6.07 Å². The molecule has 7 heteroatoms. The third-order valence-electron chi connectivity index (χ3n) is 5.25. The molecule has 0 amide bonds. The minimum atomic E-state index is -4.50. The second kappa shape index (κ2) is 4.91. The molecular formula is C17H22BF3O3. The molecule has 1 aromatic rings. The lowest BCUT2D eigenvalue weighted by Crippen LogP contribution is -2.41. The van der Waals surface area contributed by atoms with Gasteiger partial charge in [0.25, 0.3) is 0 Å². The molecular weight excluding hydrogens is 320 g/mol. The van der Waals surface area contributed by atoms with Gasteiger partial charge in [-0.15, -0.1) is 0 Å². The number of rotatable bonds is 1. The summed E-state index contributed by atoms with van der Waals surface area (Å²) in [5.74, 6) is -0.0761. The summed E-state index contributed by atoms with van der Waals surface area (Å²) in [5, 5.41) is 0. The van der Waals surface area contributed by atoms with Crippen LogP contribution in [0, 0.1) is 0 Å². The van der Waals surface area contributed by atoms with E-state index < -0.39 is 35.5 Å². The maximum Gasteiger partial charge on any atom is 0.494 e. The average Bonchev–Trinajstić information content (AvgIpc) is 2.82. The van der Waals surface area contributed by atoms with Crippen molar-refractivity contribution in [3.63, 3.8) is 0 Å². The van der Waals surface area contributed by atoms with Gasteiger partial charge in [-0.3, -0.25) is 0 Å². The molecule has 0 bridgehead atoms. The van der Waals surface area contributed by atoms with E-state index in [0.29, 0.717) is 11.0 Å². The molecule has 1 saturated heterocycles. The number of hydrogen-bond donors (Lipinski definition) is 0. The van der Waals surface area contributed by atoms with Gasteiger partial charge < -0.3 is 14.0 Å². The van der Waals surface area contributed by atoms with E-state index in [4.69, 9.17) is 14.0 Å². The molecule has 0 unspecified atom stereocenters. The quantitative estimate of drug-likeness (QED) is 0.729. The Kier molecular flexibility index (Phi) is 3.61. The van der Waals surface area contributed by atoms with Gasteiger partial charge in [-0.2, -0.15) is 13.2 Å². The van der Waals surface area contributed by atoms with Crippen molar-refractivity contribution in [2.45, 2.75) is 64.3 Å². The maximum atomic E-state index is 13.5.